The predicted octanol–water partition coefficient (Wildman–Crippen LogP) is 4.56. The molecule has 0 saturated carbocycles. The van der Waals surface area contributed by atoms with Crippen LogP contribution in [-0.2, 0) is 0 Å². The van der Waals surface area contributed by atoms with Gasteiger partial charge in [0, 0.05) is 0 Å². The maximum absolute atomic E-state index is 2.23. The standard InChI is InChI=1S/C17H14/c1-3-7-14(8-4-1)16-11-12-17(13-16)15-9-5-2-6-10-15/h1-12H,13H2. The Bertz CT molecular complexity index is 506. The third-order valence-corrected chi connectivity index (χ3v) is 3.16. The second-order valence-corrected chi connectivity index (χ2v) is 4.29. The first-order valence-corrected chi connectivity index (χ1v) is 5.94. The monoisotopic (exact) mass is 218 g/mol. The molecule has 0 atom stereocenters. The first-order valence-electron chi connectivity index (χ1n) is 5.94. The number of benzene rings is 2. The summed E-state index contributed by atoms with van der Waals surface area (Å²) >= 11 is 0. The lowest BCUT2D eigenvalue weighted by atomic mass is 9.99. The molecule has 82 valence electrons. The van der Waals surface area contributed by atoms with Crippen LogP contribution >= 0.6 is 0 Å². The first kappa shape index (κ1) is 10.1. The third-order valence-electron chi connectivity index (χ3n) is 3.16. The van der Waals surface area contributed by atoms with Crippen LogP contribution in [0.5, 0.6) is 0 Å². The van der Waals surface area contributed by atoms with Gasteiger partial charge in [-0.25, -0.2) is 0 Å². The predicted molar refractivity (Wildman–Crippen MR) is 73.5 cm³/mol. The zero-order valence-electron chi connectivity index (χ0n) is 9.64. The van der Waals surface area contributed by atoms with Crippen LogP contribution in [-0.4, -0.2) is 0 Å². The molecule has 0 radical (unpaired) electrons. The Labute approximate surface area is 102 Å². The molecular formula is C17H14. The van der Waals surface area contributed by atoms with Gasteiger partial charge < -0.3 is 0 Å². The van der Waals surface area contributed by atoms with E-state index in [1.54, 1.807) is 0 Å². The molecule has 2 aromatic carbocycles. The maximum atomic E-state index is 2.23. The van der Waals surface area contributed by atoms with E-state index in [0.717, 1.165) is 6.42 Å². The van der Waals surface area contributed by atoms with Crippen molar-refractivity contribution in [3.8, 4) is 0 Å². The molecule has 17 heavy (non-hydrogen) atoms. The molecule has 0 heterocycles. The van der Waals surface area contributed by atoms with Gasteiger partial charge in [0.25, 0.3) is 0 Å². The van der Waals surface area contributed by atoms with Crippen LogP contribution in [0, 0.1) is 0 Å². The van der Waals surface area contributed by atoms with Crippen LogP contribution in [0.4, 0.5) is 0 Å². The van der Waals surface area contributed by atoms with E-state index in [9.17, 15) is 0 Å². The van der Waals surface area contributed by atoms with Gasteiger partial charge in [-0.3, -0.25) is 0 Å². The van der Waals surface area contributed by atoms with Gasteiger partial charge in [-0.05, 0) is 28.7 Å². The molecule has 1 aliphatic carbocycles. The molecule has 0 N–H and O–H groups in total. The molecule has 0 spiro atoms. The lowest BCUT2D eigenvalue weighted by Gasteiger charge is -2.05. The van der Waals surface area contributed by atoms with Crippen molar-refractivity contribution in [1.82, 2.24) is 0 Å². The van der Waals surface area contributed by atoms with Gasteiger partial charge in [-0.15, -0.1) is 0 Å². The molecule has 3 rings (SSSR count). The zero-order valence-corrected chi connectivity index (χ0v) is 9.64. The van der Waals surface area contributed by atoms with Crippen LogP contribution in [0.25, 0.3) is 11.1 Å². The molecule has 1 aliphatic rings. The summed E-state index contributed by atoms with van der Waals surface area (Å²) in [4.78, 5) is 0. The van der Waals surface area contributed by atoms with Crippen molar-refractivity contribution < 1.29 is 0 Å². The van der Waals surface area contributed by atoms with Gasteiger partial charge in [-0.1, -0.05) is 72.8 Å². The minimum Gasteiger partial charge on any atom is -0.0622 e. The smallest absolute Gasteiger partial charge is 0.00139 e. The van der Waals surface area contributed by atoms with Crippen molar-refractivity contribution in [2.45, 2.75) is 6.42 Å². The summed E-state index contributed by atoms with van der Waals surface area (Å²) in [5.41, 5.74) is 5.47. The Morgan fingerprint density at radius 3 is 1.35 bits per heavy atom. The average Bonchev–Trinajstić information content (AvgIpc) is 2.90. The second-order valence-electron chi connectivity index (χ2n) is 4.29. The van der Waals surface area contributed by atoms with Gasteiger partial charge >= 0.3 is 0 Å². The van der Waals surface area contributed by atoms with Crippen molar-refractivity contribution >= 4 is 11.1 Å². The van der Waals surface area contributed by atoms with E-state index in [0.29, 0.717) is 0 Å². The topological polar surface area (TPSA) is 0 Å². The second kappa shape index (κ2) is 4.42. The Kier molecular flexibility index (Phi) is 2.63. The van der Waals surface area contributed by atoms with E-state index in [1.807, 2.05) is 0 Å². The normalized spacial score (nSPS) is 14.4. The molecule has 0 nitrogen and oxygen atoms in total. The van der Waals surface area contributed by atoms with E-state index >= 15 is 0 Å². The average molecular weight is 218 g/mol. The largest absolute Gasteiger partial charge is 0.0622 e. The van der Waals surface area contributed by atoms with E-state index in [1.165, 1.54) is 22.3 Å². The van der Waals surface area contributed by atoms with Crippen LogP contribution in [0.2, 0.25) is 0 Å². The fraction of sp³-hybridized carbons (Fsp3) is 0.0588. The van der Waals surface area contributed by atoms with Gasteiger partial charge in [0.2, 0.25) is 0 Å². The highest BCUT2D eigenvalue weighted by Gasteiger charge is 2.10. The fourth-order valence-electron chi connectivity index (χ4n) is 2.23. The highest BCUT2D eigenvalue weighted by atomic mass is 14.1. The summed E-state index contributed by atoms with van der Waals surface area (Å²) in [6.07, 6.45) is 5.50. The van der Waals surface area contributed by atoms with Gasteiger partial charge in [-0.2, -0.15) is 0 Å². The Hall–Kier alpha value is -2.08. The Morgan fingerprint density at radius 1 is 0.529 bits per heavy atom. The van der Waals surface area contributed by atoms with E-state index in [2.05, 4.69) is 72.8 Å². The molecule has 0 heteroatoms. The number of hydrogen-bond donors (Lipinski definition) is 0. The first-order chi connectivity index (χ1) is 8.43. The highest BCUT2D eigenvalue weighted by Crippen LogP contribution is 2.33. The van der Waals surface area contributed by atoms with Gasteiger partial charge in [0.15, 0.2) is 0 Å². The molecule has 0 bridgehead atoms. The van der Waals surface area contributed by atoms with Crippen molar-refractivity contribution in [3.05, 3.63) is 83.9 Å². The van der Waals surface area contributed by atoms with Crippen molar-refractivity contribution in [3.63, 3.8) is 0 Å². The summed E-state index contributed by atoms with van der Waals surface area (Å²) in [5.74, 6) is 0. The number of rotatable bonds is 2. The van der Waals surface area contributed by atoms with E-state index < -0.39 is 0 Å². The van der Waals surface area contributed by atoms with Crippen LogP contribution in [0.1, 0.15) is 17.5 Å². The quantitative estimate of drug-likeness (QED) is 0.693. The summed E-state index contributed by atoms with van der Waals surface area (Å²) < 4.78 is 0. The minimum absolute atomic E-state index is 1.04. The summed E-state index contributed by atoms with van der Waals surface area (Å²) in [5, 5.41) is 0. The zero-order chi connectivity index (χ0) is 11.5. The Balaban J connectivity index is 1.81. The molecular weight excluding hydrogens is 204 g/mol. The van der Waals surface area contributed by atoms with E-state index in [-0.39, 0.29) is 0 Å². The molecule has 0 unspecified atom stereocenters. The van der Waals surface area contributed by atoms with Crippen LogP contribution < -0.4 is 0 Å². The van der Waals surface area contributed by atoms with Gasteiger partial charge in [0.05, 0.1) is 0 Å². The van der Waals surface area contributed by atoms with Gasteiger partial charge in [0.1, 0.15) is 0 Å². The molecule has 2 aromatic rings. The maximum Gasteiger partial charge on any atom is -0.00139 e. The molecule has 0 saturated heterocycles. The molecule has 0 aliphatic heterocycles. The van der Waals surface area contributed by atoms with Crippen LogP contribution in [0.3, 0.4) is 0 Å². The van der Waals surface area contributed by atoms with E-state index in [4.69, 9.17) is 0 Å². The summed E-state index contributed by atoms with van der Waals surface area (Å²) in [6.45, 7) is 0. The lowest BCUT2D eigenvalue weighted by molar-refractivity contribution is 1.42. The minimum atomic E-state index is 1.04. The van der Waals surface area contributed by atoms with Crippen molar-refractivity contribution in [2.24, 2.45) is 0 Å². The number of hydrogen-bond acceptors (Lipinski definition) is 0. The molecule has 0 fully saturated rings. The summed E-state index contributed by atoms with van der Waals surface area (Å²) in [7, 11) is 0. The number of allylic oxidation sites excluding steroid dienone is 4. The fourth-order valence-corrected chi connectivity index (χ4v) is 2.23. The molecule has 0 amide bonds. The highest BCUT2D eigenvalue weighted by molar-refractivity contribution is 5.86. The SMILES string of the molecule is C1=C(c2ccccc2)CC(c2ccccc2)=C1. The van der Waals surface area contributed by atoms with Crippen LogP contribution in [0.15, 0.2) is 72.8 Å². The third kappa shape index (κ3) is 2.07. The van der Waals surface area contributed by atoms with Crippen molar-refractivity contribution in [2.75, 3.05) is 0 Å². The lowest BCUT2D eigenvalue weighted by Crippen LogP contribution is -1.84. The van der Waals surface area contributed by atoms with Crippen molar-refractivity contribution in [1.29, 1.82) is 0 Å². The Morgan fingerprint density at radius 2 is 0.941 bits per heavy atom. The summed E-state index contributed by atoms with van der Waals surface area (Å²) in [6, 6.07) is 21.2. The molecule has 0 aromatic heterocycles.